The lowest BCUT2D eigenvalue weighted by Crippen LogP contribution is -2.24. The second-order valence-corrected chi connectivity index (χ2v) is 8.84. The van der Waals surface area contributed by atoms with Crippen LogP contribution >= 0.6 is 0 Å². The van der Waals surface area contributed by atoms with Crippen molar-refractivity contribution in [2.45, 2.75) is 26.2 Å². The van der Waals surface area contributed by atoms with E-state index >= 15 is 0 Å². The molecule has 5 heteroatoms. The van der Waals surface area contributed by atoms with Gasteiger partial charge in [0.05, 0.1) is 12.7 Å². The van der Waals surface area contributed by atoms with Crippen LogP contribution in [0.25, 0.3) is 22.1 Å². The van der Waals surface area contributed by atoms with Gasteiger partial charge in [0.1, 0.15) is 23.8 Å². The summed E-state index contributed by atoms with van der Waals surface area (Å²) in [5.74, 6) is 1.52. The van der Waals surface area contributed by atoms with Crippen molar-refractivity contribution in [1.82, 2.24) is 4.90 Å². The molecule has 174 valence electrons. The molecule has 0 unspecified atom stereocenters. The van der Waals surface area contributed by atoms with E-state index in [1.54, 1.807) is 13.2 Å². The van der Waals surface area contributed by atoms with Gasteiger partial charge in [-0.15, -0.1) is 0 Å². The van der Waals surface area contributed by atoms with Gasteiger partial charge in [0, 0.05) is 24.5 Å². The Labute approximate surface area is 199 Å². The van der Waals surface area contributed by atoms with E-state index in [4.69, 9.17) is 13.9 Å². The maximum atomic E-state index is 13.2. The third-order valence-corrected chi connectivity index (χ3v) is 6.55. The van der Waals surface area contributed by atoms with Crippen molar-refractivity contribution in [3.63, 3.8) is 0 Å². The highest BCUT2D eigenvalue weighted by molar-refractivity contribution is 5.88. The summed E-state index contributed by atoms with van der Waals surface area (Å²) in [5.41, 5.74) is 4.80. The number of hydrogen-bond acceptors (Lipinski definition) is 5. The van der Waals surface area contributed by atoms with Crippen LogP contribution in [0.4, 0.5) is 0 Å². The number of nitrogens with zero attached hydrogens (tertiary/aromatic N) is 1. The monoisotopic (exact) mass is 455 g/mol. The Kier molecular flexibility index (Phi) is 6.37. The lowest BCUT2D eigenvalue weighted by Gasteiger charge is -2.16. The molecule has 0 bridgehead atoms. The first-order valence-electron chi connectivity index (χ1n) is 11.8. The molecular weight excluding hydrogens is 426 g/mol. The van der Waals surface area contributed by atoms with Crippen molar-refractivity contribution < 1.29 is 13.9 Å². The van der Waals surface area contributed by atoms with E-state index in [0.29, 0.717) is 30.0 Å². The van der Waals surface area contributed by atoms with Gasteiger partial charge in [-0.25, -0.2) is 4.79 Å². The Hall–Kier alpha value is -3.57. The van der Waals surface area contributed by atoms with Crippen LogP contribution in [0.1, 0.15) is 29.5 Å². The summed E-state index contributed by atoms with van der Waals surface area (Å²) in [7, 11) is 1.61. The smallest absolute Gasteiger partial charge is 0.344 e. The molecule has 0 spiro atoms. The maximum absolute atomic E-state index is 13.2. The minimum atomic E-state index is -0.337. The van der Waals surface area contributed by atoms with Crippen LogP contribution in [0.15, 0.2) is 75.9 Å². The van der Waals surface area contributed by atoms with Gasteiger partial charge in [-0.05, 0) is 72.7 Å². The summed E-state index contributed by atoms with van der Waals surface area (Å²) in [6.07, 6.45) is 3.09. The first-order chi connectivity index (χ1) is 16.6. The van der Waals surface area contributed by atoms with Crippen LogP contribution in [0.5, 0.6) is 11.5 Å². The highest BCUT2D eigenvalue weighted by Crippen LogP contribution is 2.33. The average Bonchev–Trinajstić information content (AvgIpc) is 3.38. The summed E-state index contributed by atoms with van der Waals surface area (Å²) in [4.78, 5) is 15.6. The number of likely N-dealkylation sites (tertiary alicyclic amines) is 1. The molecule has 4 aromatic rings. The predicted molar refractivity (Wildman–Crippen MR) is 135 cm³/mol. The molecule has 1 aliphatic heterocycles. The molecule has 5 rings (SSSR count). The van der Waals surface area contributed by atoms with E-state index < -0.39 is 0 Å². The molecule has 0 N–H and O–H groups in total. The number of ether oxygens (including phenoxy) is 2. The Bertz CT molecular complexity index is 1350. The number of aryl methyl sites for hydroxylation is 1. The van der Waals surface area contributed by atoms with Crippen LogP contribution < -0.4 is 15.1 Å². The predicted octanol–water partition coefficient (Wildman–Crippen LogP) is 5.80. The molecule has 34 heavy (non-hydrogen) atoms. The molecule has 0 saturated carbocycles. The Morgan fingerprint density at radius 2 is 1.68 bits per heavy atom. The minimum Gasteiger partial charge on any atom is -0.497 e. The molecule has 0 amide bonds. The van der Waals surface area contributed by atoms with E-state index in [1.165, 1.54) is 12.8 Å². The summed E-state index contributed by atoms with van der Waals surface area (Å²) in [6.45, 7) is 4.86. The van der Waals surface area contributed by atoms with Crippen molar-refractivity contribution >= 4 is 11.0 Å². The number of benzene rings is 3. The molecule has 1 fully saturated rings. The molecule has 3 aromatic carbocycles. The Morgan fingerprint density at radius 3 is 2.41 bits per heavy atom. The summed E-state index contributed by atoms with van der Waals surface area (Å²) in [6, 6.07) is 21.8. The largest absolute Gasteiger partial charge is 0.497 e. The third kappa shape index (κ3) is 4.57. The molecule has 0 aliphatic carbocycles. The standard InChI is InChI=1S/C29H29NO4/c1-20-7-3-4-8-24(20)28-26(25-14-13-23(32-2)18-27(25)34-29(28)31)17-21-9-11-22(12-10-21)33-19-30-15-5-6-16-30/h3-4,7-14,18H,5-6,15-17,19H2,1-2H3. The quantitative estimate of drug-likeness (QED) is 0.330. The first-order valence-corrected chi connectivity index (χ1v) is 11.8. The summed E-state index contributed by atoms with van der Waals surface area (Å²) < 4.78 is 17.1. The zero-order valence-corrected chi connectivity index (χ0v) is 19.7. The van der Waals surface area contributed by atoms with E-state index in [2.05, 4.69) is 17.0 Å². The van der Waals surface area contributed by atoms with Crippen molar-refractivity contribution in [3.8, 4) is 22.6 Å². The molecule has 0 radical (unpaired) electrons. The SMILES string of the molecule is COc1ccc2c(Cc3ccc(OCN4CCCC4)cc3)c(-c3ccccc3C)c(=O)oc2c1. The number of hydrogen-bond donors (Lipinski definition) is 0. The van der Waals surface area contributed by atoms with Gasteiger partial charge in [-0.3, -0.25) is 4.90 Å². The topological polar surface area (TPSA) is 51.9 Å². The zero-order chi connectivity index (χ0) is 23.5. The van der Waals surface area contributed by atoms with Crippen LogP contribution in [0, 0.1) is 6.92 Å². The minimum absolute atomic E-state index is 0.337. The van der Waals surface area contributed by atoms with Crippen molar-refractivity contribution in [1.29, 1.82) is 0 Å². The van der Waals surface area contributed by atoms with Crippen LogP contribution in [0.2, 0.25) is 0 Å². The molecular formula is C29H29NO4. The van der Waals surface area contributed by atoms with Crippen molar-refractivity contribution in [2.24, 2.45) is 0 Å². The summed E-state index contributed by atoms with van der Waals surface area (Å²) >= 11 is 0. The van der Waals surface area contributed by atoms with Crippen molar-refractivity contribution in [2.75, 3.05) is 26.9 Å². The van der Waals surface area contributed by atoms with Gasteiger partial charge < -0.3 is 13.9 Å². The molecule has 1 aromatic heterocycles. The van der Waals surface area contributed by atoms with Gasteiger partial charge in [0.25, 0.3) is 0 Å². The number of fused-ring (bicyclic) bond motifs is 1. The fraction of sp³-hybridized carbons (Fsp3) is 0.276. The second kappa shape index (κ2) is 9.74. The number of methoxy groups -OCH3 is 1. The molecule has 5 nitrogen and oxygen atoms in total. The van der Waals surface area contributed by atoms with Crippen LogP contribution in [-0.4, -0.2) is 31.8 Å². The van der Waals surface area contributed by atoms with E-state index in [-0.39, 0.29) is 5.63 Å². The highest BCUT2D eigenvalue weighted by Gasteiger charge is 2.19. The first kappa shape index (κ1) is 22.2. The third-order valence-electron chi connectivity index (χ3n) is 6.55. The lowest BCUT2D eigenvalue weighted by atomic mass is 9.91. The van der Waals surface area contributed by atoms with Gasteiger partial charge in [-0.1, -0.05) is 36.4 Å². The molecule has 1 saturated heterocycles. The average molecular weight is 456 g/mol. The molecule has 1 aliphatic rings. The van der Waals surface area contributed by atoms with Crippen molar-refractivity contribution in [3.05, 3.63) is 93.8 Å². The Balaban J connectivity index is 1.52. The zero-order valence-electron chi connectivity index (χ0n) is 19.7. The molecule has 0 atom stereocenters. The number of rotatable bonds is 7. The van der Waals surface area contributed by atoms with E-state index in [0.717, 1.165) is 46.5 Å². The highest BCUT2D eigenvalue weighted by atomic mass is 16.5. The fourth-order valence-electron chi connectivity index (χ4n) is 4.67. The van der Waals surface area contributed by atoms with Crippen LogP contribution in [-0.2, 0) is 6.42 Å². The van der Waals surface area contributed by atoms with Gasteiger partial charge >= 0.3 is 5.63 Å². The lowest BCUT2D eigenvalue weighted by molar-refractivity contribution is 0.152. The second-order valence-electron chi connectivity index (χ2n) is 8.84. The summed E-state index contributed by atoms with van der Waals surface area (Å²) in [5, 5.41) is 0.910. The van der Waals surface area contributed by atoms with Crippen LogP contribution in [0.3, 0.4) is 0 Å². The fourth-order valence-corrected chi connectivity index (χ4v) is 4.67. The Morgan fingerprint density at radius 1 is 0.941 bits per heavy atom. The van der Waals surface area contributed by atoms with Gasteiger partial charge in [0.15, 0.2) is 0 Å². The van der Waals surface area contributed by atoms with Gasteiger partial charge in [0.2, 0.25) is 0 Å². The van der Waals surface area contributed by atoms with E-state index in [1.807, 2.05) is 55.5 Å². The normalized spacial score (nSPS) is 13.9. The van der Waals surface area contributed by atoms with Gasteiger partial charge in [-0.2, -0.15) is 0 Å². The van der Waals surface area contributed by atoms with E-state index in [9.17, 15) is 4.79 Å². The maximum Gasteiger partial charge on any atom is 0.344 e. The molecule has 2 heterocycles.